The molecule has 1 unspecified atom stereocenters. The maximum Gasteiger partial charge on any atom is 0.259 e. The summed E-state index contributed by atoms with van der Waals surface area (Å²) in [7, 11) is 5.08. The third kappa shape index (κ3) is 4.97. The van der Waals surface area contributed by atoms with Crippen LogP contribution < -0.4 is 14.2 Å². The maximum absolute atomic E-state index is 14.1. The van der Waals surface area contributed by atoms with Crippen molar-refractivity contribution in [3.05, 3.63) is 77.2 Å². The molecule has 1 atom stereocenters. The molecule has 2 amide bonds. The SMILES string of the molecule is COc1cc2c(cc1OC)C1c3ccc(cc3)OCCOCCN(C(=O)c3cnn4ccn(C)c34)CC(=O)N1CC2. The van der Waals surface area contributed by atoms with E-state index < -0.39 is 0 Å². The Kier molecular flexibility index (Phi) is 7.27. The van der Waals surface area contributed by atoms with Crippen LogP contribution >= 0.6 is 0 Å². The predicted molar refractivity (Wildman–Crippen MR) is 150 cm³/mol. The lowest BCUT2D eigenvalue weighted by molar-refractivity contribution is -0.134. The Hall–Kier alpha value is -4.51. The minimum absolute atomic E-state index is 0.0995. The van der Waals surface area contributed by atoms with Crippen LogP contribution in [-0.4, -0.2) is 89.5 Å². The van der Waals surface area contributed by atoms with Gasteiger partial charge in [0.25, 0.3) is 5.91 Å². The summed E-state index contributed by atoms with van der Waals surface area (Å²) in [5.41, 5.74) is 4.08. The summed E-state index contributed by atoms with van der Waals surface area (Å²) in [5, 5.41) is 4.32. The molecular formula is C30H33N5O6. The minimum atomic E-state index is -0.380. The molecule has 0 spiro atoms. The molecule has 214 valence electrons. The number of imidazole rings is 1. The van der Waals surface area contributed by atoms with Gasteiger partial charge in [0.2, 0.25) is 5.91 Å². The van der Waals surface area contributed by atoms with Crippen molar-refractivity contribution in [2.24, 2.45) is 7.05 Å². The van der Waals surface area contributed by atoms with E-state index in [4.69, 9.17) is 18.9 Å². The van der Waals surface area contributed by atoms with E-state index in [9.17, 15) is 9.59 Å². The molecule has 2 aromatic carbocycles. The summed E-state index contributed by atoms with van der Waals surface area (Å²) in [6.07, 6.45) is 5.82. The number of ether oxygens (including phenoxy) is 4. The topological polar surface area (TPSA) is 99.8 Å². The summed E-state index contributed by atoms with van der Waals surface area (Å²) in [4.78, 5) is 31.4. The molecule has 4 aromatic rings. The highest BCUT2D eigenvalue weighted by molar-refractivity contribution is 6.01. The van der Waals surface area contributed by atoms with Crippen molar-refractivity contribution in [2.45, 2.75) is 12.5 Å². The van der Waals surface area contributed by atoms with Crippen molar-refractivity contribution >= 4 is 17.5 Å². The zero-order chi connectivity index (χ0) is 28.5. The van der Waals surface area contributed by atoms with Gasteiger partial charge < -0.3 is 33.3 Å². The van der Waals surface area contributed by atoms with Crippen LogP contribution in [0, 0.1) is 0 Å². The van der Waals surface area contributed by atoms with E-state index in [2.05, 4.69) is 5.10 Å². The molecule has 7 rings (SSSR count). The molecule has 11 nitrogen and oxygen atoms in total. The fourth-order valence-corrected chi connectivity index (χ4v) is 5.69. The fourth-order valence-electron chi connectivity index (χ4n) is 5.69. The van der Waals surface area contributed by atoms with Crippen molar-refractivity contribution < 1.29 is 28.5 Å². The molecular weight excluding hydrogens is 526 g/mol. The molecule has 3 aliphatic rings. The zero-order valence-corrected chi connectivity index (χ0v) is 23.4. The number of aryl methyl sites for hydroxylation is 1. The van der Waals surface area contributed by atoms with Crippen molar-refractivity contribution in [3.8, 4) is 17.2 Å². The van der Waals surface area contributed by atoms with Gasteiger partial charge in [0, 0.05) is 32.5 Å². The number of carbonyl (C=O) groups excluding carboxylic acids is 2. The third-order valence-electron chi connectivity index (χ3n) is 7.77. The summed E-state index contributed by atoms with van der Waals surface area (Å²) in [5.74, 6) is 1.53. The van der Waals surface area contributed by atoms with Gasteiger partial charge in [-0.25, -0.2) is 4.52 Å². The van der Waals surface area contributed by atoms with Crippen LogP contribution in [0.15, 0.2) is 55.0 Å². The van der Waals surface area contributed by atoms with Gasteiger partial charge in [0.05, 0.1) is 39.7 Å². The second-order valence-corrected chi connectivity index (χ2v) is 10.1. The molecule has 0 saturated carbocycles. The first-order chi connectivity index (χ1) is 20.0. The highest BCUT2D eigenvalue weighted by atomic mass is 16.5. The number of methoxy groups -OCH3 is 2. The number of hydrogen-bond acceptors (Lipinski definition) is 7. The first kappa shape index (κ1) is 26.7. The molecule has 0 fully saturated rings. The molecule has 5 heterocycles. The average Bonchev–Trinajstić information content (AvgIpc) is 3.59. The van der Waals surface area contributed by atoms with E-state index in [0.29, 0.717) is 48.9 Å². The Balaban J connectivity index is 1.39. The minimum Gasteiger partial charge on any atom is -0.493 e. The van der Waals surface area contributed by atoms with Crippen LogP contribution in [-0.2, 0) is 23.0 Å². The molecule has 0 radical (unpaired) electrons. The van der Waals surface area contributed by atoms with Crippen molar-refractivity contribution in [3.63, 3.8) is 0 Å². The van der Waals surface area contributed by atoms with Gasteiger partial charge in [-0.15, -0.1) is 0 Å². The molecule has 2 bridgehead atoms. The van der Waals surface area contributed by atoms with Crippen molar-refractivity contribution in [1.82, 2.24) is 24.0 Å². The lowest BCUT2D eigenvalue weighted by atomic mass is 9.87. The molecule has 0 aliphatic carbocycles. The highest BCUT2D eigenvalue weighted by Gasteiger charge is 2.35. The molecule has 41 heavy (non-hydrogen) atoms. The van der Waals surface area contributed by atoms with Gasteiger partial charge >= 0.3 is 0 Å². The fraction of sp³-hybridized carbons (Fsp3) is 0.367. The number of amides is 2. The van der Waals surface area contributed by atoms with Crippen LogP contribution in [0.1, 0.15) is 33.1 Å². The first-order valence-corrected chi connectivity index (χ1v) is 13.6. The number of rotatable bonds is 3. The van der Waals surface area contributed by atoms with Gasteiger partial charge in [-0.1, -0.05) is 12.1 Å². The number of benzene rings is 2. The Labute approximate surface area is 237 Å². The number of aromatic nitrogens is 3. The van der Waals surface area contributed by atoms with Gasteiger partial charge in [-0.05, 0) is 47.4 Å². The Morgan fingerprint density at radius 2 is 1.78 bits per heavy atom. The van der Waals surface area contributed by atoms with Gasteiger partial charge in [0.15, 0.2) is 11.5 Å². The van der Waals surface area contributed by atoms with Crippen molar-refractivity contribution in [1.29, 1.82) is 0 Å². The Morgan fingerprint density at radius 3 is 2.56 bits per heavy atom. The third-order valence-corrected chi connectivity index (χ3v) is 7.77. The number of hydrogen-bond donors (Lipinski definition) is 0. The zero-order valence-electron chi connectivity index (χ0n) is 23.4. The van der Waals surface area contributed by atoms with Crippen LogP contribution in [0.3, 0.4) is 0 Å². The Bertz CT molecular complexity index is 1580. The normalized spacial score (nSPS) is 17.8. The average molecular weight is 560 g/mol. The molecule has 0 saturated heterocycles. The quantitative estimate of drug-likeness (QED) is 0.356. The second kappa shape index (κ2) is 11.2. The monoisotopic (exact) mass is 559 g/mol. The van der Waals surface area contributed by atoms with E-state index in [1.54, 1.807) is 36.0 Å². The predicted octanol–water partition coefficient (Wildman–Crippen LogP) is 2.72. The summed E-state index contributed by atoms with van der Waals surface area (Å²) < 4.78 is 26.3. The van der Waals surface area contributed by atoms with E-state index in [1.807, 2.05) is 59.1 Å². The summed E-state index contributed by atoms with van der Waals surface area (Å²) in [6, 6.07) is 11.3. The molecule has 2 aromatic heterocycles. The van der Waals surface area contributed by atoms with E-state index in [0.717, 1.165) is 22.4 Å². The lowest BCUT2D eigenvalue weighted by Gasteiger charge is -2.39. The standard InChI is InChI=1S/C30H33N5O6/c1-32-10-11-35-29(32)24(18-31-35)30(37)33-12-13-40-14-15-41-22-6-4-20(5-7-22)28-23-17-26(39-3)25(38-2)16-21(23)8-9-34(28)27(36)19-33/h4-7,10-11,16-18,28H,8-9,12-15,19H2,1-3H3. The number of fused-ring (bicyclic) bond motifs is 12. The number of carbonyl (C=O) groups is 2. The van der Waals surface area contributed by atoms with E-state index in [-0.39, 0.29) is 37.6 Å². The van der Waals surface area contributed by atoms with Crippen LogP contribution in [0.5, 0.6) is 17.2 Å². The molecule has 11 heteroatoms. The summed E-state index contributed by atoms with van der Waals surface area (Å²) >= 11 is 0. The van der Waals surface area contributed by atoms with Gasteiger partial charge in [-0.2, -0.15) is 5.10 Å². The Morgan fingerprint density at radius 1 is 1.00 bits per heavy atom. The largest absolute Gasteiger partial charge is 0.493 e. The smallest absolute Gasteiger partial charge is 0.259 e. The van der Waals surface area contributed by atoms with Crippen LogP contribution in [0.2, 0.25) is 0 Å². The van der Waals surface area contributed by atoms with Gasteiger partial charge in [-0.3, -0.25) is 9.59 Å². The lowest BCUT2D eigenvalue weighted by Crippen LogP contribution is -2.47. The number of nitrogens with zero attached hydrogens (tertiary/aromatic N) is 5. The molecule has 0 N–H and O–H groups in total. The summed E-state index contributed by atoms with van der Waals surface area (Å²) in [6.45, 7) is 1.63. The van der Waals surface area contributed by atoms with Gasteiger partial charge in [0.1, 0.15) is 30.1 Å². The molecule has 3 aliphatic heterocycles. The first-order valence-electron chi connectivity index (χ1n) is 13.6. The van der Waals surface area contributed by atoms with E-state index in [1.165, 1.54) is 0 Å². The van der Waals surface area contributed by atoms with Crippen LogP contribution in [0.25, 0.3) is 5.65 Å². The maximum atomic E-state index is 14.1. The highest BCUT2D eigenvalue weighted by Crippen LogP contribution is 2.41. The van der Waals surface area contributed by atoms with E-state index >= 15 is 0 Å². The second-order valence-electron chi connectivity index (χ2n) is 10.1. The van der Waals surface area contributed by atoms with Crippen molar-refractivity contribution in [2.75, 3.05) is 53.7 Å². The van der Waals surface area contributed by atoms with Crippen LogP contribution in [0.4, 0.5) is 0 Å².